The van der Waals surface area contributed by atoms with E-state index in [0.717, 1.165) is 5.56 Å². The largest absolute Gasteiger partial charge is 0.462 e. The number of hydrogen-bond acceptors (Lipinski definition) is 3. The molecule has 0 aliphatic carbocycles. The van der Waals surface area contributed by atoms with Gasteiger partial charge in [-0.2, -0.15) is 0 Å². The highest BCUT2D eigenvalue weighted by molar-refractivity contribution is 6.37. The van der Waals surface area contributed by atoms with Crippen LogP contribution in [0, 0.1) is 6.92 Å². The third-order valence-electron chi connectivity index (χ3n) is 3.59. The lowest BCUT2D eigenvalue weighted by Crippen LogP contribution is -2.25. The predicted molar refractivity (Wildman–Crippen MR) is 98.9 cm³/mol. The van der Waals surface area contributed by atoms with Gasteiger partial charge in [-0.3, -0.25) is 9.36 Å². The van der Waals surface area contributed by atoms with E-state index in [1.807, 2.05) is 6.92 Å². The Labute approximate surface area is 159 Å². The van der Waals surface area contributed by atoms with Crippen molar-refractivity contribution in [1.29, 1.82) is 0 Å². The zero-order valence-electron chi connectivity index (χ0n) is 13.1. The van der Waals surface area contributed by atoms with E-state index in [2.05, 4.69) is 4.98 Å². The summed E-state index contributed by atoms with van der Waals surface area (Å²) in [5.74, 6) is 0.232. The summed E-state index contributed by atoms with van der Waals surface area (Å²) < 4.78 is 7.54. The Morgan fingerprint density at radius 2 is 1.84 bits per heavy atom. The molecule has 25 heavy (non-hydrogen) atoms. The maximum Gasteiger partial charge on any atom is 0.241 e. The van der Waals surface area contributed by atoms with Gasteiger partial charge in [-0.1, -0.05) is 34.8 Å². The Morgan fingerprint density at radius 1 is 1.12 bits per heavy atom. The van der Waals surface area contributed by atoms with Gasteiger partial charge in [0.1, 0.15) is 5.75 Å². The van der Waals surface area contributed by atoms with Crippen LogP contribution < -0.4 is 4.74 Å². The number of rotatable bonds is 5. The Kier molecular flexibility index (Phi) is 5.33. The molecule has 3 rings (SSSR count). The summed E-state index contributed by atoms with van der Waals surface area (Å²) >= 11 is 18.1. The van der Waals surface area contributed by atoms with Crippen molar-refractivity contribution in [2.24, 2.45) is 0 Å². The molecule has 1 atom stereocenters. The summed E-state index contributed by atoms with van der Waals surface area (Å²) in [6, 6.07) is 9.90. The SMILES string of the molecule is Cc1cc(Cl)ccc1OC(C(=O)c1ccc(Cl)cc1Cl)n1ccnc1. The van der Waals surface area contributed by atoms with Gasteiger partial charge in [0, 0.05) is 28.0 Å². The van der Waals surface area contributed by atoms with Crippen molar-refractivity contribution in [3.05, 3.63) is 81.3 Å². The maximum absolute atomic E-state index is 13.0. The van der Waals surface area contributed by atoms with Crippen LogP contribution in [0.5, 0.6) is 5.75 Å². The second-order valence-electron chi connectivity index (χ2n) is 5.38. The van der Waals surface area contributed by atoms with Gasteiger partial charge in [-0.15, -0.1) is 0 Å². The smallest absolute Gasteiger partial charge is 0.241 e. The second kappa shape index (κ2) is 7.48. The van der Waals surface area contributed by atoms with Crippen molar-refractivity contribution in [1.82, 2.24) is 9.55 Å². The molecule has 0 aliphatic heterocycles. The summed E-state index contributed by atoms with van der Waals surface area (Å²) in [7, 11) is 0. The molecule has 0 bridgehead atoms. The zero-order valence-corrected chi connectivity index (χ0v) is 15.4. The molecule has 1 heterocycles. The van der Waals surface area contributed by atoms with Gasteiger partial charge in [0.25, 0.3) is 0 Å². The molecule has 1 unspecified atom stereocenters. The van der Waals surface area contributed by atoms with Crippen LogP contribution in [0.3, 0.4) is 0 Å². The van der Waals surface area contributed by atoms with Crippen LogP contribution in [0.2, 0.25) is 15.1 Å². The number of ether oxygens (including phenoxy) is 1. The molecule has 0 aliphatic rings. The molecule has 0 fully saturated rings. The van der Waals surface area contributed by atoms with Crippen LogP contribution in [0.25, 0.3) is 0 Å². The molecule has 0 saturated carbocycles. The summed E-state index contributed by atoms with van der Waals surface area (Å²) in [6.07, 6.45) is 3.78. The first-order valence-corrected chi connectivity index (χ1v) is 8.48. The van der Waals surface area contributed by atoms with Crippen molar-refractivity contribution in [2.75, 3.05) is 0 Å². The van der Waals surface area contributed by atoms with Gasteiger partial charge in [0.15, 0.2) is 0 Å². The van der Waals surface area contributed by atoms with Gasteiger partial charge >= 0.3 is 0 Å². The van der Waals surface area contributed by atoms with Crippen LogP contribution >= 0.6 is 34.8 Å². The molecular formula is C18H13Cl3N2O2. The van der Waals surface area contributed by atoms with Gasteiger partial charge in [-0.05, 0) is 48.9 Å². The number of imidazole rings is 1. The van der Waals surface area contributed by atoms with Gasteiger partial charge in [0.05, 0.1) is 11.3 Å². The topological polar surface area (TPSA) is 44.1 Å². The van der Waals surface area contributed by atoms with E-state index in [0.29, 0.717) is 21.4 Å². The predicted octanol–water partition coefficient (Wildman–Crippen LogP) is 5.61. The van der Waals surface area contributed by atoms with E-state index < -0.39 is 6.23 Å². The Morgan fingerprint density at radius 3 is 2.48 bits per heavy atom. The van der Waals surface area contributed by atoms with Crippen LogP contribution in [-0.4, -0.2) is 15.3 Å². The van der Waals surface area contributed by atoms with Crippen molar-refractivity contribution < 1.29 is 9.53 Å². The van der Waals surface area contributed by atoms with Crippen LogP contribution in [0.4, 0.5) is 0 Å². The van der Waals surface area contributed by atoms with Crippen molar-refractivity contribution >= 4 is 40.6 Å². The molecule has 1 aromatic heterocycles. The second-order valence-corrected chi connectivity index (χ2v) is 6.66. The van der Waals surface area contributed by atoms with Gasteiger partial charge in [-0.25, -0.2) is 4.98 Å². The fourth-order valence-corrected chi connectivity index (χ4v) is 3.07. The minimum absolute atomic E-state index is 0.263. The van der Waals surface area contributed by atoms with Gasteiger partial charge in [0.2, 0.25) is 12.0 Å². The molecular weight excluding hydrogens is 383 g/mol. The highest BCUT2D eigenvalue weighted by atomic mass is 35.5. The lowest BCUT2D eigenvalue weighted by atomic mass is 10.1. The van der Waals surface area contributed by atoms with E-state index >= 15 is 0 Å². The normalized spacial score (nSPS) is 12.0. The molecule has 7 heteroatoms. The standard InChI is InChI=1S/C18H13Cl3N2O2/c1-11-8-12(19)3-5-16(11)25-18(23-7-6-22-10-23)17(24)14-4-2-13(20)9-15(14)21/h2-10,18H,1H3. The highest BCUT2D eigenvalue weighted by Crippen LogP contribution is 2.29. The minimum Gasteiger partial charge on any atom is -0.462 e. The summed E-state index contributed by atoms with van der Waals surface area (Å²) in [5.41, 5.74) is 1.13. The summed E-state index contributed by atoms with van der Waals surface area (Å²) in [4.78, 5) is 17.0. The Bertz CT molecular complexity index is 911. The van der Waals surface area contributed by atoms with E-state index in [-0.39, 0.29) is 10.8 Å². The van der Waals surface area contributed by atoms with E-state index in [4.69, 9.17) is 39.5 Å². The molecule has 3 aromatic rings. The van der Waals surface area contributed by atoms with Crippen LogP contribution in [0.15, 0.2) is 55.1 Å². The Hall–Kier alpha value is -2.01. The number of ketones is 1. The summed E-state index contributed by atoms with van der Waals surface area (Å²) in [6.45, 7) is 1.85. The van der Waals surface area contributed by atoms with Crippen molar-refractivity contribution in [3.63, 3.8) is 0 Å². The molecule has 128 valence electrons. The highest BCUT2D eigenvalue weighted by Gasteiger charge is 2.26. The molecule has 0 amide bonds. The minimum atomic E-state index is -0.957. The number of aryl methyl sites for hydroxylation is 1. The average molecular weight is 396 g/mol. The number of Topliss-reactive ketones (excluding diaryl/α,β-unsaturated/α-hetero) is 1. The molecule has 0 radical (unpaired) electrons. The first kappa shape index (κ1) is 17.8. The number of carbonyl (C=O) groups is 1. The molecule has 4 nitrogen and oxygen atoms in total. The van der Waals surface area contributed by atoms with E-state index in [9.17, 15) is 4.79 Å². The monoisotopic (exact) mass is 394 g/mol. The fraction of sp³-hybridized carbons (Fsp3) is 0.111. The first-order valence-electron chi connectivity index (χ1n) is 7.35. The van der Waals surface area contributed by atoms with Crippen molar-refractivity contribution in [2.45, 2.75) is 13.2 Å². The third-order valence-corrected chi connectivity index (χ3v) is 4.38. The van der Waals surface area contributed by atoms with Crippen LogP contribution in [0.1, 0.15) is 22.1 Å². The quantitative estimate of drug-likeness (QED) is 0.527. The van der Waals surface area contributed by atoms with Gasteiger partial charge < -0.3 is 4.74 Å². The molecule has 2 aromatic carbocycles. The summed E-state index contributed by atoms with van der Waals surface area (Å²) in [5, 5.41) is 1.31. The average Bonchev–Trinajstić information content (AvgIpc) is 3.08. The van der Waals surface area contributed by atoms with Crippen LogP contribution in [-0.2, 0) is 0 Å². The van der Waals surface area contributed by atoms with Crippen molar-refractivity contribution in [3.8, 4) is 5.75 Å². The first-order chi connectivity index (χ1) is 12.0. The van der Waals surface area contributed by atoms with E-state index in [1.165, 1.54) is 12.4 Å². The lowest BCUT2D eigenvalue weighted by molar-refractivity contribution is 0.0652. The number of carbonyl (C=O) groups excluding carboxylic acids is 1. The number of nitrogens with zero attached hydrogens (tertiary/aromatic N) is 2. The molecule has 0 spiro atoms. The number of benzene rings is 2. The lowest BCUT2D eigenvalue weighted by Gasteiger charge is -2.21. The molecule has 0 saturated heterocycles. The maximum atomic E-state index is 13.0. The fourth-order valence-electron chi connectivity index (χ4n) is 2.35. The zero-order chi connectivity index (χ0) is 18.0. The van der Waals surface area contributed by atoms with E-state index in [1.54, 1.807) is 47.3 Å². The Balaban J connectivity index is 1.99. The number of hydrogen-bond donors (Lipinski definition) is 0. The number of halogens is 3. The third kappa shape index (κ3) is 3.98. The molecule has 0 N–H and O–H groups in total. The number of aromatic nitrogens is 2.